The van der Waals surface area contributed by atoms with Crippen molar-refractivity contribution in [3.63, 3.8) is 0 Å². The van der Waals surface area contributed by atoms with E-state index in [4.69, 9.17) is 11.6 Å². The molecule has 1 aliphatic heterocycles. The van der Waals surface area contributed by atoms with Gasteiger partial charge in [-0.1, -0.05) is 0 Å². The first kappa shape index (κ1) is 9.59. The second-order valence-electron chi connectivity index (χ2n) is 2.09. The minimum Gasteiger partial charge on any atom is -0.472 e. The zero-order valence-corrected chi connectivity index (χ0v) is 7.26. The molecule has 0 N–H and O–H groups in total. The van der Waals surface area contributed by atoms with Crippen molar-refractivity contribution in [3.8, 4) is 0 Å². The predicted octanol–water partition coefficient (Wildman–Crippen LogP) is 0.464. The van der Waals surface area contributed by atoms with E-state index in [9.17, 15) is 15.0 Å². The molecule has 0 aromatic carbocycles. The molecule has 1 rings (SSSR count). The third-order valence-electron chi connectivity index (χ3n) is 1.30. The molecule has 13 heavy (non-hydrogen) atoms. The molecule has 0 spiro atoms. The molecular formula is C5H5ClN3O4+. The van der Waals surface area contributed by atoms with E-state index in [1.807, 2.05) is 0 Å². The van der Waals surface area contributed by atoms with Crippen molar-refractivity contribution >= 4 is 17.5 Å². The lowest BCUT2D eigenvalue weighted by atomic mass is 10.3. The van der Waals surface area contributed by atoms with Crippen LogP contribution in [0.5, 0.6) is 0 Å². The summed E-state index contributed by atoms with van der Waals surface area (Å²) < 4.78 is 4.52. The molecule has 0 fully saturated rings. The fraction of sp³-hybridized carbons (Fsp3) is 0.400. The Morgan fingerprint density at radius 3 is 2.92 bits per heavy atom. The summed E-state index contributed by atoms with van der Waals surface area (Å²) in [5.74, 6) is -0.350. The number of nitro groups is 1. The molecule has 0 bridgehead atoms. The molecule has 0 aliphatic carbocycles. The van der Waals surface area contributed by atoms with Crippen LogP contribution in [0.4, 0.5) is 0 Å². The van der Waals surface area contributed by atoms with Crippen LogP contribution in [0.1, 0.15) is 0 Å². The van der Waals surface area contributed by atoms with Gasteiger partial charge in [0, 0.05) is 0 Å². The fourth-order valence-corrected chi connectivity index (χ4v) is 0.909. The zero-order chi connectivity index (χ0) is 10.0. The average Bonchev–Trinajstić information content (AvgIpc) is 2.08. The van der Waals surface area contributed by atoms with E-state index in [2.05, 4.69) is 9.84 Å². The first-order valence-corrected chi connectivity index (χ1v) is 3.59. The second kappa shape index (κ2) is 3.48. The highest BCUT2D eigenvalue weighted by molar-refractivity contribution is 6.21. The van der Waals surface area contributed by atoms with Crippen LogP contribution in [-0.2, 0) is 4.74 Å². The lowest BCUT2D eigenvalue weighted by Crippen LogP contribution is -2.25. The minimum absolute atomic E-state index is 0.118. The summed E-state index contributed by atoms with van der Waals surface area (Å²) in [4.78, 5) is 20.6. The van der Waals surface area contributed by atoms with Gasteiger partial charge in [0.05, 0.1) is 28.1 Å². The van der Waals surface area contributed by atoms with Crippen molar-refractivity contribution in [2.75, 3.05) is 7.11 Å². The third-order valence-corrected chi connectivity index (χ3v) is 1.60. The molecule has 8 heteroatoms. The number of hydrazone groups is 1. The van der Waals surface area contributed by atoms with Crippen molar-refractivity contribution < 1.29 is 14.5 Å². The third kappa shape index (κ3) is 1.81. The number of methoxy groups -OCH3 is 1. The summed E-state index contributed by atoms with van der Waals surface area (Å²) in [7, 11) is 1.18. The standard InChI is InChI=1S/C5H5ClN3O4/c1-13-5-3(9(11)12)2-4(6)8(10)7-5/h2,4H,1H3/q+1. The van der Waals surface area contributed by atoms with Crippen LogP contribution in [0.3, 0.4) is 0 Å². The van der Waals surface area contributed by atoms with Crippen LogP contribution in [0.2, 0.25) is 0 Å². The van der Waals surface area contributed by atoms with Crippen LogP contribution in [0, 0.1) is 15.0 Å². The first-order chi connectivity index (χ1) is 6.06. The Morgan fingerprint density at radius 2 is 2.46 bits per heavy atom. The van der Waals surface area contributed by atoms with Gasteiger partial charge in [-0.2, -0.15) is 0 Å². The van der Waals surface area contributed by atoms with E-state index in [1.54, 1.807) is 0 Å². The number of hydrogen-bond donors (Lipinski definition) is 0. The minimum atomic E-state index is -1.17. The highest BCUT2D eigenvalue weighted by Crippen LogP contribution is 2.13. The van der Waals surface area contributed by atoms with Crippen LogP contribution in [0.25, 0.3) is 0 Å². The van der Waals surface area contributed by atoms with E-state index >= 15 is 0 Å². The van der Waals surface area contributed by atoms with Crippen LogP contribution in [-0.4, -0.2) is 28.3 Å². The molecule has 0 saturated heterocycles. The number of ether oxygens (including phenoxy) is 1. The van der Waals surface area contributed by atoms with Gasteiger partial charge in [0.1, 0.15) is 0 Å². The number of halogens is 1. The smallest absolute Gasteiger partial charge is 0.362 e. The van der Waals surface area contributed by atoms with Crippen molar-refractivity contribution in [1.29, 1.82) is 0 Å². The molecule has 1 atom stereocenters. The van der Waals surface area contributed by atoms with Crippen molar-refractivity contribution in [2.45, 2.75) is 5.50 Å². The van der Waals surface area contributed by atoms with Gasteiger partial charge in [0.15, 0.2) is 4.87 Å². The Morgan fingerprint density at radius 1 is 1.85 bits per heavy atom. The molecule has 0 aromatic rings. The maximum atomic E-state index is 10.8. The maximum Gasteiger partial charge on any atom is 0.362 e. The number of nitrogens with zero attached hydrogens (tertiary/aromatic N) is 3. The quantitative estimate of drug-likeness (QED) is 0.205. The Labute approximate surface area is 77.3 Å². The number of nitroso groups, excluding NO2 is 1. The van der Waals surface area contributed by atoms with E-state index in [0.29, 0.717) is 0 Å². The van der Waals surface area contributed by atoms with E-state index in [-0.39, 0.29) is 10.8 Å². The molecule has 70 valence electrons. The first-order valence-electron chi connectivity index (χ1n) is 3.16. The van der Waals surface area contributed by atoms with Gasteiger partial charge in [0.25, 0.3) is 0 Å². The van der Waals surface area contributed by atoms with Gasteiger partial charge >= 0.3 is 17.1 Å². The van der Waals surface area contributed by atoms with Gasteiger partial charge in [-0.05, 0) is 11.6 Å². The van der Waals surface area contributed by atoms with Crippen molar-refractivity contribution in [1.82, 2.24) is 0 Å². The van der Waals surface area contributed by atoms with Gasteiger partial charge in [-0.3, -0.25) is 10.1 Å². The SMILES string of the molecule is COC1=N[N+](=O)C(Cl)C=C1[N+](=O)[O-]. The molecular weight excluding hydrogens is 202 g/mol. The summed E-state index contributed by atoms with van der Waals surface area (Å²) in [6.45, 7) is 0. The largest absolute Gasteiger partial charge is 0.472 e. The zero-order valence-electron chi connectivity index (χ0n) is 6.51. The summed E-state index contributed by atoms with van der Waals surface area (Å²) >= 11 is 5.40. The fourth-order valence-electron chi connectivity index (χ4n) is 0.746. The van der Waals surface area contributed by atoms with Gasteiger partial charge < -0.3 is 4.74 Å². The van der Waals surface area contributed by atoms with Gasteiger partial charge in [0.2, 0.25) is 0 Å². The summed E-state index contributed by atoms with van der Waals surface area (Å²) in [5, 5.41) is 13.6. The predicted molar refractivity (Wildman–Crippen MR) is 42.8 cm³/mol. The highest BCUT2D eigenvalue weighted by Gasteiger charge is 2.37. The highest BCUT2D eigenvalue weighted by atomic mass is 35.5. The Bertz CT molecular complexity index is 324. The van der Waals surface area contributed by atoms with Gasteiger partial charge in [-0.25, -0.2) is 0 Å². The molecule has 0 saturated carbocycles. The van der Waals surface area contributed by atoms with Crippen LogP contribution in [0.15, 0.2) is 16.9 Å². The summed E-state index contributed by atoms with van der Waals surface area (Å²) in [6.07, 6.45) is 0.959. The Hall–Kier alpha value is -1.50. The van der Waals surface area contributed by atoms with E-state index < -0.39 is 16.1 Å². The average molecular weight is 207 g/mol. The summed E-state index contributed by atoms with van der Waals surface area (Å²) in [5.41, 5.74) is -1.58. The molecule has 0 amide bonds. The Balaban J connectivity index is 3.06. The topological polar surface area (TPSA) is 84.8 Å². The molecule has 7 nitrogen and oxygen atoms in total. The number of rotatable bonds is 1. The maximum absolute atomic E-state index is 10.8. The van der Waals surface area contributed by atoms with Crippen LogP contribution < -0.4 is 0 Å². The van der Waals surface area contributed by atoms with Crippen LogP contribution >= 0.6 is 11.6 Å². The lowest BCUT2D eigenvalue weighted by molar-refractivity contribution is -0.566. The van der Waals surface area contributed by atoms with E-state index in [1.165, 1.54) is 7.11 Å². The summed E-state index contributed by atoms with van der Waals surface area (Å²) in [6, 6.07) is 0. The molecule has 0 radical (unpaired) electrons. The normalized spacial score (nSPS) is 22.0. The van der Waals surface area contributed by atoms with Gasteiger partial charge in [-0.15, -0.1) is 0 Å². The molecule has 1 heterocycles. The molecule has 0 aromatic heterocycles. The Kier molecular flexibility index (Phi) is 2.57. The molecule has 1 unspecified atom stereocenters. The lowest BCUT2D eigenvalue weighted by Gasteiger charge is -2.02. The monoisotopic (exact) mass is 206 g/mol. The number of alkyl halides is 1. The second-order valence-corrected chi connectivity index (χ2v) is 2.54. The molecule has 1 aliphatic rings. The van der Waals surface area contributed by atoms with Crippen molar-refractivity contribution in [2.24, 2.45) is 5.10 Å². The van der Waals surface area contributed by atoms with Crippen molar-refractivity contribution in [3.05, 3.63) is 26.8 Å². The number of hydrogen-bond acceptors (Lipinski definition) is 4. The van der Waals surface area contributed by atoms with E-state index in [0.717, 1.165) is 6.08 Å².